The van der Waals surface area contributed by atoms with Crippen LogP contribution in [0.4, 0.5) is 0 Å². The molecule has 0 spiro atoms. The molecule has 1 aliphatic heterocycles. The lowest BCUT2D eigenvalue weighted by molar-refractivity contribution is 0.00578. The van der Waals surface area contributed by atoms with Gasteiger partial charge < -0.3 is 13.7 Å². The molecule has 2 heterocycles. The summed E-state index contributed by atoms with van der Waals surface area (Å²) in [5, 5.41) is 7.35. The number of rotatable bonds is 1. The zero-order valence-corrected chi connectivity index (χ0v) is 8.77. The molecule has 14 heavy (non-hydrogen) atoms. The zero-order valence-electron chi connectivity index (χ0n) is 8.77. The van der Waals surface area contributed by atoms with Crippen LogP contribution in [0.25, 0.3) is 0 Å². The number of nitrogens with zero attached hydrogens (tertiary/aromatic N) is 2. The highest BCUT2D eigenvalue weighted by Gasteiger charge is 2.53. The van der Waals surface area contributed by atoms with Crippen molar-refractivity contribution in [3.05, 3.63) is 6.39 Å². The van der Waals surface area contributed by atoms with Crippen LogP contribution >= 0.6 is 0 Å². The van der Waals surface area contributed by atoms with E-state index in [4.69, 9.17) is 13.7 Å². The average Bonchev–Trinajstić information content (AvgIpc) is 2.58. The lowest BCUT2D eigenvalue weighted by Gasteiger charge is -2.32. The predicted octanol–water partition coefficient (Wildman–Crippen LogP) is 0.369. The number of hydrogen-bond acceptors (Lipinski definition) is 5. The van der Waals surface area contributed by atoms with Crippen LogP contribution in [-0.2, 0) is 9.31 Å². The summed E-state index contributed by atoms with van der Waals surface area (Å²) in [6.45, 7) is 7.90. The number of hydrogen-bond donors (Lipinski definition) is 0. The van der Waals surface area contributed by atoms with E-state index in [-0.39, 0.29) is 11.2 Å². The Bertz CT molecular complexity index is 307. The van der Waals surface area contributed by atoms with Crippen LogP contribution in [0.2, 0.25) is 0 Å². The van der Waals surface area contributed by atoms with Crippen molar-refractivity contribution in [2.45, 2.75) is 38.9 Å². The molecule has 0 bridgehead atoms. The van der Waals surface area contributed by atoms with Gasteiger partial charge in [0, 0.05) is 0 Å². The van der Waals surface area contributed by atoms with Gasteiger partial charge in [0.1, 0.15) is 0 Å². The summed E-state index contributed by atoms with van der Waals surface area (Å²) in [4.78, 5) is 0. The molecule has 0 aromatic carbocycles. The van der Waals surface area contributed by atoms with Crippen molar-refractivity contribution in [3.8, 4) is 0 Å². The summed E-state index contributed by atoms with van der Waals surface area (Å²) in [6, 6.07) is 0. The third kappa shape index (κ3) is 1.34. The first-order chi connectivity index (χ1) is 6.42. The van der Waals surface area contributed by atoms with Gasteiger partial charge in [0.05, 0.1) is 11.2 Å². The Morgan fingerprint density at radius 2 is 1.71 bits per heavy atom. The summed E-state index contributed by atoms with van der Waals surface area (Å²) in [7, 11) is -0.553. The van der Waals surface area contributed by atoms with Gasteiger partial charge in [-0.2, -0.15) is 0 Å². The third-order valence-corrected chi connectivity index (χ3v) is 2.83. The molecule has 0 N–H and O–H groups in total. The van der Waals surface area contributed by atoms with Gasteiger partial charge in [0.25, 0.3) is 0 Å². The molecular formula is C8H13BN2O3. The van der Waals surface area contributed by atoms with Crippen LogP contribution in [0.3, 0.4) is 0 Å². The highest BCUT2D eigenvalue weighted by Crippen LogP contribution is 2.36. The van der Waals surface area contributed by atoms with Gasteiger partial charge in [-0.1, -0.05) is 0 Å². The summed E-state index contributed by atoms with van der Waals surface area (Å²) in [6.07, 6.45) is 1.26. The summed E-state index contributed by atoms with van der Waals surface area (Å²) >= 11 is 0. The van der Waals surface area contributed by atoms with E-state index in [1.807, 2.05) is 27.7 Å². The Hall–Kier alpha value is -0.875. The first-order valence-electron chi connectivity index (χ1n) is 4.54. The maximum Gasteiger partial charge on any atom is 0.557 e. The highest BCUT2D eigenvalue weighted by molar-refractivity contribution is 6.59. The van der Waals surface area contributed by atoms with Gasteiger partial charge in [-0.15, -0.1) is 10.2 Å². The minimum absolute atomic E-state index is 0.364. The molecule has 0 aliphatic carbocycles. The Balaban J connectivity index is 2.22. The monoisotopic (exact) mass is 196 g/mol. The van der Waals surface area contributed by atoms with Crippen molar-refractivity contribution >= 4 is 12.9 Å². The standard InChI is InChI=1S/C8H13BN2O3/c1-7(2)8(3,4)14-9(13-7)6-11-10-5-12-6/h5H,1-4H3. The van der Waals surface area contributed by atoms with Crippen LogP contribution in [0.5, 0.6) is 0 Å². The van der Waals surface area contributed by atoms with E-state index in [2.05, 4.69) is 10.2 Å². The zero-order chi connectivity index (χ0) is 10.4. The largest absolute Gasteiger partial charge is 0.557 e. The molecule has 0 atom stereocenters. The normalized spacial score (nSPS) is 24.1. The highest BCUT2D eigenvalue weighted by atomic mass is 16.7. The third-order valence-electron chi connectivity index (χ3n) is 2.83. The first-order valence-corrected chi connectivity index (χ1v) is 4.54. The molecule has 6 heteroatoms. The molecule has 0 amide bonds. The van der Waals surface area contributed by atoms with E-state index in [0.29, 0.717) is 5.79 Å². The van der Waals surface area contributed by atoms with Gasteiger partial charge in [0.15, 0.2) is 0 Å². The molecule has 2 rings (SSSR count). The maximum absolute atomic E-state index is 5.69. The van der Waals surface area contributed by atoms with Gasteiger partial charge in [0.2, 0.25) is 12.2 Å². The van der Waals surface area contributed by atoms with Crippen LogP contribution in [0.15, 0.2) is 10.8 Å². The van der Waals surface area contributed by atoms with Crippen LogP contribution in [0, 0.1) is 0 Å². The van der Waals surface area contributed by atoms with Gasteiger partial charge in [-0.3, -0.25) is 0 Å². The second-order valence-electron chi connectivity index (χ2n) is 4.37. The van der Waals surface area contributed by atoms with E-state index in [1.54, 1.807) is 0 Å². The molecule has 1 aliphatic rings. The van der Waals surface area contributed by atoms with Crippen molar-refractivity contribution in [2.24, 2.45) is 0 Å². The minimum atomic E-state index is -0.553. The van der Waals surface area contributed by atoms with Crippen molar-refractivity contribution in [1.82, 2.24) is 10.2 Å². The number of aromatic nitrogens is 2. The second kappa shape index (κ2) is 2.81. The smallest absolute Gasteiger partial charge is 0.431 e. The van der Waals surface area contributed by atoms with Crippen molar-refractivity contribution < 1.29 is 13.7 Å². The van der Waals surface area contributed by atoms with Crippen molar-refractivity contribution in [1.29, 1.82) is 0 Å². The fourth-order valence-electron chi connectivity index (χ4n) is 1.23. The van der Waals surface area contributed by atoms with E-state index in [0.717, 1.165) is 0 Å². The maximum atomic E-state index is 5.69. The van der Waals surface area contributed by atoms with Crippen molar-refractivity contribution in [2.75, 3.05) is 0 Å². The molecule has 1 aromatic heterocycles. The van der Waals surface area contributed by atoms with Crippen LogP contribution in [0.1, 0.15) is 27.7 Å². The summed E-state index contributed by atoms with van der Waals surface area (Å²) < 4.78 is 16.4. The fourth-order valence-corrected chi connectivity index (χ4v) is 1.23. The fraction of sp³-hybridized carbons (Fsp3) is 0.750. The molecule has 5 nitrogen and oxygen atoms in total. The van der Waals surface area contributed by atoms with E-state index in [9.17, 15) is 0 Å². The van der Waals surface area contributed by atoms with Crippen LogP contribution in [-0.4, -0.2) is 28.5 Å². The quantitative estimate of drug-likeness (QED) is 0.607. The molecule has 0 saturated carbocycles. The molecule has 0 radical (unpaired) electrons. The Morgan fingerprint density at radius 1 is 1.14 bits per heavy atom. The second-order valence-corrected chi connectivity index (χ2v) is 4.37. The lowest BCUT2D eigenvalue weighted by Crippen LogP contribution is -2.41. The molecule has 76 valence electrons. The van der Waals surface area contributed by atoms with Gasteiger partial charge in [-0.25, -0.2) is 0 Å². The average molecular weight is 196 g/mol. The molecule has 1 fully saturated rings. The van der Waals surface area contributed by atoms with E-state index < -0.39 is 7.12 Å². The first kappa shape index (κ1) is 9.67. The summed E-state index contributed by atoms with van der Waals surface area (Å²) in [5.74, 6) is 0.364. The molecule has 1 aromatic rings. The van der Waals surface area contributed by atoms with Crippen LogP contribution < -0.4 is 5.79 Å². The predicted molar refractivity (Wildman–Crippen MR) is 50.0 cm³/mol. The topological polar surface area (TPSA) is 57.4 Å². The summed E-state index contributed by atoms with van der Waals surface area (Å²) in [5.41, 5.74) is -0.738. The Labute approximate surface area is 82.9 Å². The lowest BCUT2D eigenvalue weighted by atomic mass is 9.90. The molecule has 1 saturated heterocycles. The SMILES string of the molecule is CC1(C)OB(c2nnco2)OC1(C)C. The Kier molecular flexibility index (Phi) is 1.94. The molecule has 0 unspecified atom stereocenters. The minimum Gasteiger partial charge on any atom is -0.431 e. The Morgan fingerprint density at radius 3 is 2.14 bits per heavy atom. The molecular weight excluding hydrogens is 183 g/mol. The van der Waals surface area contributed by atoms with Crippen molar-refractivity contribution in [3.63, 3.8) is 0 Å². The van der Waals surface area contributed by atoms with Gasteiger partial charge >= 0.3 is 7.12 Å². The van der Waals surface area contributed by atoms with Gasteiger partial charge in [-0.05, 0) is 27.7 Å². The van der Waals surface area contributed by atoms with E-state index >= 15 is 0 Å². The van der Waals surface area contributed by atoms with E-state index in [1.165, 1.54) is 6.39 Å².